The number of aliphatic hydroxyl groups is 1. The van der Waals surface area contributed by atoms with Gasteiger partial charge in [-0.25, -0.2) is 0 Å². The Bertz CT molecular complexity index is 570. The quantitative estimate of drug-likeness (QED) is 0.795. The fourth-order valence-corrected chi connectivity index (χ4v) is 3.20. The van der Waals surface area contributed by atoms with E-state index >= 15 is 0 Å². The number of hydrogen-bond donors (Lipinski definition) is 2. The standard InChI is InChI=1S/C20H30N2O3/c1-3-20(25,4-2)15-21-19(24)17-11-8-12-22(14-17)18(23)13-16-9-6-5-7-10-16/h5-7,9-10,17,25H,3-4,8,11-15H2,1-2H3,(H,21,24). The van der Waals surface area contributed by atoms with Crippen molar-refractivity contribution in [2.24, 2.45) is 5.92 Å². The molecule has 0 saturated carbocycles. The molecule has 138 valence electrons. The number of carbonyl (C=O) groups excluding carboxylic acids is 2. The van der Waals surface area contributed by atoms with Gasteiger partial charge in [-0.05, 0) is 31.2 Å². The first-order chi connectivity index (χ1) is 12.0. The number of nitrogens with one attached hydrogen (secondary N) is 1. The molecule has 0 spiro atoms. The third-order valence-electron chi connectivity index (χ3n) is 5.25. The first kappa shape index (κ1) is 19.4. The average Bonchev–Trinajstić information content (AvgIpc) is 2.66. The van der Waals surface area contributed by atoms with E-state index in [0.717, 1.165) is 18.4 Å². The molecule has 1 fully saturated rings. The summed E-state index contributed by atoms with van der Waals surface area (Å²) in [5.41, 5.74) is 0.155. The molecule has 1 atom stereocenters. The Balaban J connectivity index is 1.87. The fourth-order valence-electron chi connectivity index (χ4n) is 3.20. The minimum Gasteiger partial charge on any atom is -0.388 e. The van der Waals surface area contributed by atoms with Crippen LogP contribution in [0, 0.1) is 5.92 Å². The highest BCUT2D eigenvalue weighted by Gasteiger charge is 2.30. The summed E-state index contributed by atoms with van der Waals surface area (Å²) in [5.74, 6) is -0.175. The normalized spacial score (nSPS) is 18.0. The minimum atomic E-state index is -0.840. The number of carbonyl (C=O) groups is 2. The Hall–Kier alpha value is -1.88. The van der Waals surface area contributed by atoms with Crippen LogP contribution in [0.5, 0.6) is 0 Å². The summed E-state index contributed by atoms with van der Waals surface area (Å²) >= 11 is 0. The summed E-state index contributed by atoms with van der Waals surface area (Å²) in [6, 6.07) is 9.68. The van der Waals surface area contributed by atoms with Crippen LogP contribution in [0.2, 0.25) is 0 Å². The molecule has 1 saturated heterocycles. The Labute approximate surface area is 150 Å². The van der Waals surface area contributed by atoms with Crippen molar-refractivity contribution in [2.45, 2.75) is 51.6 Å². The van der Waals surface area contributed by atoms with Crippen molar-refractivity contribution in [3.05, 3.63) is 35.9 Å². The largest absolute Gasteiger partial charge is 0.388 e. The molecule has 0 aromatic heterocycles. The molecule has 2 N–H and O–H groups in total. The molecule has 2 rings (SSSR count). The van der Waals surface area contributed by atoms with Crippen molar-refractivity contribution in [2.75, 3.05) is 19.6 Å². The highest BCUT2D eigenvalue weighted by atomic mass is 16.3. The highest BCUT2D eigenvalue weighted by Crippen LogP contribution is 2.19. The molecule has 1 aliphatic rings. The Morgan fingerprint density at radius 2 is 1.92 bits per heavy atom. The molecule has 1 heterocycles. The third kappa shape index (κ3) is 5.56. The number of nitrogens with zero attached hydrogens (tertiary/aromatic N) is 1. The summed E-state index contributed by atoms with van der Waals surface area (Å²) in [6.07, 6.45) is 3.22. The summed E-state index contributed by atoms with van der Waals surface area (Å²) in [5, 5.41) is 13.2. The van der Waals surface area contributed by atoms with E-state index in [0.29, 0.717) is 32.4 Å². The average molecular weight is 346 g/mol. The molecule has 2 amide bonds. The van der Waals surface area contributed by atoms with Gasteiger partial charge in [-0.15, -0.1) is 0 Å². The van der Waals surface area contributed by atoms with Crippen LogP contribution < -0.4 is 5.32 Å². The van der Waals surface area contributed by atoms with Gasteiger partial charge in [0.2, 0.25) is 11.8 Å². The number of hydrogen-bond acceptors (Lipinski definition) is 3. The van der Waals surface area contributed by atoms with E-state index in [9.17, 15) is 14.7 Å². The lowest BCUT2D eigenvalue weighted by atomic mass is 9.94. The molecule has 0 aliphatic carbocycles. The topological polar surface area (TPSA) is 69.6 Å². The third-order valence-corrected chi connectivity index (χ3v) is 5.25. The van der Waals surface area contributed by atoms with Gasteiger partial charge in [0, 0.05) is 19.6 Å². The molecule has 0 bridgehead atoms. The van der Waals surface area contributed by atoms with Gasteiger partial charge in [0.05, 0.1) is 17.9 Å². The van der Waals surface area contributed by atoms with Crippen molar-refractivity contribution in [3.8, 4) is 0 Å². The first-order valence-corrected chi connectivity index (χ1v) is 9.29. The van der Waals surface area contributed by atoms with E-state index in [4.69, 9.17) is 0 Å². The molecule has 1 aromatic carbocycles. The first-order valence-electron chi connectivity index (χ1n) is 9.29. The smallest absolute Gasteiger partial charge is 0.227 e. The molecule has 0 radical (unpaired) electrons. The summed E-state index contributed by atoms with van der Waals surface area (Å²) < 4.78 is 0. The van der Waals surface area contributed by atoms with Crippen LogP contribution in [0.25, 0.3) is 0 Å². The van der Waals surface area contributed by atoms with Crippen LogP contribution in [-0.2, 0) is 16.0 Å². The zero-order valence-electron chi connectivity index (χ0n) is 15.3. The highest BCUT2D eigenvalue weighted by molar-refractivity contribution is 5.82. The van der Waals surface area contributed by atoms with Crippen LogP contribution >= 0.6 is 0 Å². The SMILES string of the molecule is CCC(O)(CC)CNC(=O)C1CCCN(C(=O)Cc2ccccc2)C1. The maximum absolute atomic E-state index is 12.5. The zero-order chi connectivity index (χ0) is 18.3. The lowest BCUT2D eigenvalue weighted by Crippen LogP contribution is -2.49. The lowest BCUT2D eigenvalue weighted by molar-refractivity contribution is -0.135. The summed E-state index contributed by atoms with van der Waals surface area (Å²) in [4.78, 5) is 26.7. The maximum Gasteiger partial charge on any atom is 0.227 e. The number of piperidine rings is 1. The van der Waals surface area contributed by atoms with Gasteiger partial charge in [0.15, 0.2) is 0 Å². The van der Waals surface area contributed by atoms with Crippen LogP contribution in [0.3, 0.4) is 0 Å². The molecule has 5 nitrogen and oxygen atoms in total. The predicted molar refractivity (Wildman–Crippen MR) is 98.0 cm³/mol. The van der Waals surface area contributed by atoms with Crippen LogP contribution in [0.4, 0.5) is 0 Å². The van der Waals surface area contributed by atoms with Crippen molar-refractivity contribution in [3.63, 3.8) is 0 Å². The van der Waals surface area contributed by atoms with Crippen molar-refractivity contribution in [1.29, 1.82) is 0 Å². The van der Waals surface area contributed by atoms with Crippen LogP contribution in [0.15, 0.2) is 30.3 Å². The second-order valence-corrected chi connectivity index (χ2v) is 6.99. The van der Waals surface area contributed by atoms with E-state index in [1.165, 1.54) is 0 Å². The molecular formula is C20H30N2O3. The van der Waals surface area contributed by atoms with Crippen LogP contribution in [-0.4, -0.2) is 47.1 Å². The molecule has 25 heavy (non-hydrogen) atoms. The number of likely N-dealkylation sites (tertiary alicyclic amines) is 1. The molecule has 5 heteroatoms. The van der Waals surface area contributed by atoms with Crippen molar-refractivity contribution in [1.82, 2.24) is 10.2 Å². The number of amides is 2. The summed E-state index contributed by atoms with van der Waals surface area (Å²) in [7, 11) is 0. The Morgan fingerprint density at radius 3 is 2.56 bits per heavy atom. The Kier molecular flexibility index (Phi) is 7.00. The van der Waals surface area contributed by atoms with E-state index in [2.05, 4.69) is 5.32 Å². The zero-order valence-corrected chi connectivity index (χ0v) is 15.3. The van der Waals surface area contributed by atoms with Gasteiger partial charge >= 0.3 is 0 Å². The molecule has 1 aromatic rings. The van der Waals surface area contributed by atoms with E-state index in [1.807, 2.05) is 44.2 Å². The molecule has 1 aliphatic heterocycles. The van der Waals surface area contributed by atoms with Crippen molar-refractivity contribution >= 4 is 11.8 Å². The van der Waals surface area contributed by atoms with E-state index < -0.39 is 5.60 Å². The van der Waals surface area contributed by atoms with Crippen LogP contribution in [0.1, 0.15) is 45.1 Å². The van der Waals surface area contributed by atoms with Gasteiger partial charge in [-0.3, -0.25) is 9.59 Å². The van der Waals surface area contributed by atoms with E-state index in [-0.39, 0.29) is 24.3 Å². The second-order valence-electron chi connectivity index (χ2n) is 6.99. The molecule has 1 unspecified atom stereocenters. The minimum absolute atomic E-state index is 0.0578. The summed E-state index contributed by atoms with van der Waals surface area (Å²) in [6.45, 7) is 5.28. The van der Waals surface area contributed by atoms with E-state index in [1.54, 1.807) is 4.90 Å². The number of rotatable bonds is 7. The van der Waals surface area contributed by atoms with Gasteiger partial charge in [-0.1, -0.05) is 44.2 Å². The van der Waals surface area contributed by atoms with Gasteiger partial charge < -0.3 is 15.3 Å². The lowest BCUT2D eigenvalue weighted by Gasteiger charge is -2.33. The molecular weight excluding hydrogens is 316 g/mol. The van der Waals surface area contributed by atoms with Crippen molar-refractivity contribution < 1.29 is 14.7 Å². The number of benzene rings is 1. The second kappa shape index (κ2) is 8.99. The Morgan fingerprint density at radius 1 is 1.24 bits per heavy atom. The fraction of sp³-hybridized carbons (Fsp3) is 0.600. The van der Waals surface area contributed by atoms with Gasteiger partial charge in [0.25, 0.3) is 0 Å². The van der Waals surface area contributed by atoms with Gasteiger partial charge in [0.1, 0.15) is 0 Å². The van der Waals surface area contributed by atoms with Gasteiger partial charge in [-0.2, -0.15) is 0 Å². The monoisotopic (exact) mass is 346 g/mol. The predicted octanol–water partition coefficient (Wildman–Crippen LogP) is 2.13. The maximum atomic E-state index is 12.5.